The lowest BCUT2D eigenvalue weighted by Gasteiger charge is -2.57. The van der Waals surface area contributed by atoms with E-state index in [9.17, 15) is 4.79 Å². The Morgan fingerprint density at radius 2 is 1.85 bits per heavy atom. The van der Waals surface area contributed by atoms with Crippen LogP contribution < -0.4 is 5.32 Å². The highest BCUT2D eigenvalue weighted by molar-refractivity contribution is 7.13. The summed E-state index contributed by atoms with van der Waals surface area (Å²) in [4.78, 5) is 14.4. The molecule has 2 aromatic heterocycles. The van der Waals surface area contributed by atoms with E-state index in [1.165, 1.54) is 38.5 Å². The van der Waals surface area contributed by atoms with Crippen molar-refractivity contribution in [1.29, 1.82) is 0 Å². The van der Waals surface area contributed by atoms with Gasteiger partial charge in [-0.25, -0.2) is 0 Å². The van der Waals surface area contributed by atoms with Crippen LogP contribution in [0, 0.1) is 17.8 Å². The first kappa shape index (κ1) is 15.4. The number of amides is 1. The smallest absolute Gasteiger partial charge is 0.232 e. The van der Waals surface area contributed by atoms with Gasteiger partial charge in [0.25, 0.3) is 0 Å². The summed E-state index contributed by atoms with van der Waals surface area (Å²) >= 11 is 1.64. The maximum absolute atomic E-state index is 13.3. The van der Waals surface area contributed by atoms with Gasteiger partial charge in [-0.15, -0.1) is 11.3 Å². The molecule has 0 spiro atoms. The van der Waals surface area contributed by atoms with Gasteiger partial charge in [0.2, 0.25) is 5.91 Å². The van der Waals surface area contributed by atoms with E-state index in [1.54, 1.807) is 11.3 Å². The van der Waals surface area contributed by atoms with Crippen molar-refractivity contribution >= 4 is 17.2 Å². The minimum absolute atomic E-state index is 0.0712. The highest BCUT2D eigenvalue weighted by atomic mass is 32.1. The maximum Gasteiger partial charge on any atom is 0.232 e. The molecule has 5 aliphatic carbocycles. The molecule has 1 N–H and O–H groups in total. The van der Waals surface area contributed by atoms with Crippen molar-refractivity contribution in [2.24, 2.45) is 17.8 Å². The summed E-state index contributed by atoms with van der Waals surface area (Å²) in [5.74, 6) is 3.51. The van der Waals surface area contributed by atoms with Gasteiger partial charge in [0.15, 0.2) is 5.76 Å². The Kier molecular flexibility index (Phi) is 3.10. The van der Waals surface area contributed by atoms with E-state index >= 15 is 0 Å². The average molecular weight is 369 g/mol. The Bertz CT molecular complexity index is 814. The number of thiophene rings is 1. The number of nitrogens with one attached hydrogen (secondary N) is 1. The van der Waals surface area contributed by atoms with E-state index in [2.05, 4.69) is 10.5 Å². The molecule has 0 atom stereocenters. The van der Waals surface area contributed by atoms with E-state index < -0.39 is 5.41 Å². The molecule has 0 unspecified atom stereocenters. The van der Waals surface area contributed by atoms with E-state index in [1.807, 2.05) is 23.6 Å². The highest BCUT2D eigenvalue weighted by Crippen LogP contribution is 2.57. The molecule has 0 aliphatic heterocycles. The first-order chi connectivity index (χ1) is 12.6. The molecule has 2 heterocycles. The van der Waals surface area contributed by atoms with Crippen LogP contribution in [0.1, 0.15) is 57.1 Å². The van der Waals surface area contributed by atoms with Crippen LogP contribution in [0.4, 0.5) is 0 Å². The molecule has 136 valence electrons. The third-order valence-corrected chi connectivity index (χ3v) is 8.25. The summed E-state index contributed by atoms with van der Waals surface area (Å²) < 4.78 is 5.56. The van der Waals surface area contributed by atoms with Crippen LogP contribution in [0.15, 0.2) is 28.1 Å². The quantitative estimate of drug-likeness (QED) is 0.863. The summed E-state index contributed by atoms with van der Waals surface area (Å²) in [6.45, 7) is 0. The van der Waals surface area contributed by atoms with Gasteiger partial charge in [-0.2, -0.15) is 0 Å². The Balaban J connectivity index is 1.25. The summed E-state index contributed by atoms with van der Waals surface area (Å²) in [6, 6.07) is 6.02. The van der Waals surface area contributed by atoms with Crippen molar-refractivity contribution in [2.45, 2.75) is 62.3 Å². The number of aromatic nitrogens is 1. The number of nitrogens with zero attached hydrogens (tertiary/aromatic N) is 1. The highest BCUT2D eigenvalue weighted by Gasteiger charge is 2.58. The molecular weight excluding hydrogens is 344 g/mol. The largest absolute Gasteiger partial charge is 0.355 e. The fourth-order valence-corrected chi connectivity index (χ4v) is 7.06. The summed E-state index contributed by atoms with van der Waals surface area (Å²) in [5, 5.41) is 9.88. The van der Waals surface area contributed by atoms with Gasteiger partial charge in [-0.05, 0) is 80.6 Å². The Morgan fingerprint density at radius 1 is 1.15 bits per heavy atom. The molecule has 0 aromatic carbocycles. The predicted octanol–water partition coefficient (Wildman–Crippen LogP) is 4.52. The second kappa shape index (κ2) is 5.22. The van der Waals surface area contributed by atoms with Crippen molar-refractivity contribution in [3.63, 3.8) is 0 Å². The van der Waals surface area contributed by atoms with Gasteiger partial charge in [-0.3, -0.25) is 4.79 Å². The van der Waals surface area contributed by atoms with E-state index in [0.29, 0.717) is 0 Å². The molecular formula is C21H24N2O2S. The molecule has 0 radical (unpaired) electrons. The summed E-state index contributed by atoms with van der Waals surface area (Å²) in [7, 11) is 0. The Morgan fingerprint density at radius 3 is 2.42 bits per heavy atom. The zero-order valence-corrected chi connectivity index (χ0v) is 15.7. The summed E-state index contributed by atoms with van der Waals surface area (Å²) in [5.41, 5.74) is 0.451. The fraction of sp³-hybridized carbons (Fsp3) is 0.619. The second-order valence-electron chi connectivity index (χ2n) is 9.29. The first-order valence-corrected chi connectivity index (χ1v) is 10.9. The standard InChI is InChI=1S/C21H24N2O2S/c24-19(22-20-10-13-6-14(11-20)8-15(7-13)12-20)21(3-4-21)18-9-16(25-23-18)17-2-1-5-26-17/h1-2,5,9,13-15H,3-4,6-8,10-12H2,(H,22,24). The number of carbonyl (C=O) groups excluding carboxylic acids is 1. The number of carbonyl (C=O) groups is 1. The predicted molar refractivity (Wildman–Crippen MR) is 99.8 cm³/mol. The molecule has 1 amide bonds. The molecule has 0 saturated heterocycles. The molecule has 26 heavy (non-hydrogen) atoms. The van der Waals surface area contributed by atoms with E-state index in [-0.39, 0.29) is 11.4 Å². The monoisotopic (exact) mass is 368 g/mol. The zero-order valence-electron chi connectivity index (χ0n) is 14.9. The van der Waals surface area contributed by atoms with Crippen LogP contribution in [-0.4, -0.2) is 16.6 Å². The molecule has 7 rings (SSSR count). The van der Waals surface area contributed by atoms with E-state index in [0.717, 1.165) is 46.9 Å². The van der Waals surface area contributed by atoms with Crippen LogP contribution in [0.2, 0.25) is 0 Å². The van der Waals surface area contributed by atoms with Crippen LogP contribution >= 0.6 is 11.3 Å². The van der Waals surface area contributed by atoms with Crippen LogP contribution in [0.25, 0.3) is 10.6 Å². The van der Waals surface area contributed by atoms with Crippen molar-refractivity contribution in [3.05, 3.63) is 29.3 Å². The fourth-order valence-electron chi connectivity index (χ4n) is 6.38. The lowest BCUT2D eigenvalue weighted by Crippen LogP contribution is -2.61. The van der Waals surface area contributed by atoms with Crippen molar-refractivity contribution in [3.8, 4) is 10.6 Å². The third kappa shape index (κ3) is 2.25. The number of hydrogen-bond acceptors (Lipinski definition) is 4. The summed E-state index contributed by atoms with van der Waals surface area (Å²) in [6.07, 6.45) is 9.55. The Labute approximate surface area is 157 Å². The molecule has 5 fully saturated rings. The van der Waals surface area contributed by atoms with Gasteiger partial charge in [0, 0.05) is 11.6 Å². The molecule has 4 bridgehead atoms. The Hall–Kier alpha value is -1.62. The first-order valence-electron chi connectivity index (χ1n) is 9.98. The molecule has 2 aromatic rings. The minimum atomic E-state index is -0.442. The van der Waals surface area contributed by atoms with Crippen LogP contribution in [0.5, 0.6) is 0 Å². The van der Waals surface area contributed by atoms with Crippen molar-refractivity contribution in [2.75, 3.05) is 0 Å². The normalized spacial score (nSPS) is 36.2. The van der Waals surface area contributed by atoms with Crippen molar-refractivity contribution < 1.29 is 9.32 Å². The van der Waals surface area contributed by atoms with Crippen LogP contribution in [-0.2, 0) is 10.2 Å². The average Bonchev–Trinajstić information content (AvgIpc) is 3.02. The van der Waals surface area contributed by atoms with Crippen LogP contribution in [0.3, 0.4) is 0 Å². The second-order valence-corrected chi connectivity index (χ2v) is 10.2. The lowest BCUT2D eigenvalue weighted by molar-refractivity contribution is -0.129. The molecule has 4 nitrogen and oxygen atoms in total. The van der Waals surface area contributed by atoms with Gasteiger partial charge >= 0.3 is 0 Å². The van der Waals surface area contributed by atoms with E-state index in [4.69, 9.17) is 4.52 Å². The van der Waals surface area contributed by atoms with Gasteiger partial charge in [0.1, 0.15) is 0 Å². The van der Waals surface area contributed by atoms with Crippen molar-refractivity contribution in [1.82, 2.24) is 10.5 Å². The lowest BCUT2D eigenvalue weighted by atomic mass is 9.53. The van der Waals surface area contributed by atoms with Gasteiger partial charge in [0.05, 0.1) is 16.0 Å². The maximum atomic E-state index is 13.3. The topological polar surface area (TPSA) is 55.1 Å². The number of rotatable bonds is 4. The molecule has 5 saturated carbocycles. The molecule has 5 heteroatoms. The minimum Gasteiger partial charge on any atom is -0.355 e. The number of hydrogen-bond donors (Lipinski definition) is 1. The third-order valence-electron chi connectivity index (χ3n) is 7.37. The van der Waals surface area contributed by atoms with Gasteiger partial charge < -0.3 is 9.84 Å². The van der Waals surface area contributed by atoms with Gasteiger partial charge in [-0.1, -0.05) is 11.2 Å². The molecule has 5 aliphatic rings. The SMILES string of the molecule is O=C(NC12CC3CC(CC(C3)C1)C2)C1(c2cc(-c3cccs3)on2)CC1. The zero-order chi connectivity index (χ0) is 17.4.